The van der Waals surface area contributed by atoms with Gasteiger partial charge >= 0.3 is 0 Å². The smallest absolute Gasteiger partial charge is 0.230 e. The Labute approximate surface area is 154 Å². The van der Waals surface area contributed by atoms with Crippen LogP contribution in [-0.4, -0.2) is 52.5 Å². The molecule has 136 valence electrons. The Hall–Kier alpha value is -0.850. The first-order valence-corrected chi connectivity index (χ1v) is 8.39. The van der Waals surface area contributed by atoms with E-state index in [2.05, 4.69) is 10.6 Å². The largest absolute Gasteiger partial charge is 0.383 e. The molecule has 24 heavy (non-hydrogen) atoms. The second-order valence-corrected chi connectivity index (χ2v) is 6.08. The first-order valence-electron chi connectivity index (χ1n) is 8.01. The van der Waals surface area contributed by atoms with Crippen molar-refractivity contribution >= 4 is 29.9 Å². The van der Waals surface area contributed by atoms with Crippen LogP contribution < -0.4 is 10.6 Å². The van der Waals surface area contributed by atoms with Crippen LogP contribution in [0.15, 0.2) is 24.3 Å². The lowest BCUT2D eigenvalue weighted by Crippen LogP contribution is -2.49. The lowest BCUT2D eigenvalue weighted by molar-refractivity contribution is -0.130. The van der Waals surface area contributed by atoms with Crippen molar-refractivity contribution in [3.63, 3.8) is 0 Å². The summed E-state index contributed by atoms with van der Waals surface area (Å²) in [4.78, 5) is 12.9. The molecule has 5 nitrogen and oxygen atoms in total. The molecule has 0 spiro atoms. The van der Waals surface area contributed by atoms with E-state index in [9.17, 15) is 4.79 Å². The third-order valence-electron chi connectivity index (χ3n) is 4.24. The Bertz CT molecular complexity index is 508. The molecule has 1 fully saturated rings. The van der Waals surface area contributed by atoms with Gasteiger partial charge in [-0.15, -0.1) is 12.4 Å². The van der Waals surface area contributed by atoms with Gasteiger partial charge in [-0.1, -0.05) is 29.8 Å². The highest BCUT2D eigenvalue weighted by atomic mass is 35.5. The summed E-state index contributed by atoms with van der Waals surface area (Å²) in [7, 11) is 1.67. The maximum absolute atomic E-state index is 12.9. The Morgan fingerprint density at radius 3 is 2.62 bits per heavy atom. The molecule has 1 aliphatic heterocycles. The Kier molecular flexibility index (Phi) is 9.63. The summed E-state index contributed by atoms with van der Waals surface area (Å²) in [6.07, 6.45) is 1.30. The molecule has 1 saturated heterocycles. The fraction of sp³-hybridized carbons (Fsp3) is 0.588. The summed E-state index contributed by atoms with van der Waals surface area (Å²) in [6, 6.07) is 7.60. The fourth-order valence-electron chi connectivity index (χ4n) is 2.92. The summed E-state index contributed by atoms with van der Waals surface area (Å²) < 4.78 is 10.4. The molecule has 1 amide bonds. The molecular formula is C17H26Cl2N2O3. The molecule has 0 bridgehead atoms. The number of methoxy groups -OCH3 is 1. The van der Waals surface area contributed by atoms with E-state index in [0.29, 0.717) is 50.8 Å². The van der Waals surface area contributed by atoms with Crippen molar-refractivity contribution in [1.82, 2.24) is 10.6 Å². The van der Waals surface area contributed by atoms with Gasteiger partial charge in [0.05, 0.1) is 12.0 Å². The maximum Gasteiger partial charge on any atom is 0.230 e. The van der Waals surface area contributed by atoms with Crippen LogP contribution in [0.1, 0.15) is 18.4 Å². The summed E-state index contributed by atoms with van der Waals surface area (Å²) in [6.45, 7) is 3.87. The average molecular weight is 377 g/mol. The van der Waals surface area contributed by atoms with Crippen LogP contribution in [0, 0.1) is 0 Å². The second-order valence-electron chi connectivity index (χ2n) is 5.67. The van der Waals surface area contributed by atoms with Crippen molar-refractivity contribution in [2.45, 2.75) is 18.3 Å². The molecule has 1 aromatic rings. The molecule has 1 heterocycles. The number of hydrogen-bond acceptors (Lipinski definition) is 4. The zero-order chi connectivity index (χ0) is 16.5. The minimum Gasteiger partial charge on any atom is -0.383 e. The quantitative estimate of drug-likeness (QED) is 0.682. The van der Waals surface area contributed by atoms with Crippen molar-refractivity contribution in [2.75, 3.05) is 46.6 Å². The number of amides is 1. The minimum atomic E-state index is -0.594. The van der Waals surface area contributed by atoms with E-state index in [1.165, 1.54) is 0 Å². The second kappa shape index (κ2) is 10.9. The van der Waals surface area contributed by atoms with Gasteiger partial charge in [0.15, 0.2) is 0 Å². The molecule has 1 aromatic carbocycles. The van der Waals surface area contributed by atoms with Gasteiger partial charge in [-0.25, -0.2) is 0 Å². The lowest BCUT2D eigenvalue weighted by atomic mass is 9.73. The number of halogens is 2. The van der Waals surface area contributed by atoms with E-state index in [4.69, 9.17) is 21.1 Å². The highest BCUT2D eigenvalue weighted by Gasteiger charge is 2.42. The molecule has 0 unspecified atom stereocenters. The Morgan fingerprint density at radius 2 is 1.96 bits per heavy atom. The molecular weight excluding hydrogens is 351 g/mol. The van der Waals surface area contributed by atoms with Gasteiger partial charge in [0, 0.05) is 45.0 Å². The summed E-state index contributed by atoms with van der Waals surface area (Å²) in [5.41, 5.74) is 0.304. The average Bonchev–Trinajstić information content (AvgIpc) is 2.59. The van der Waals surface area contributed by atoms with Gasteiger partial charge in [-0.05, 0) is 24.5 Å². The molecule has 0 aliphatic carbocycles. The Morgan fingerprint density at radius 1 is 1.25 bits per heavy atom. The van der Waals surface area contributed by atoms with Gasteiger partial charge < -0.3 is 20.1 Å². The van der Waals surface area contributed by atoms with Crippen molar-refractivity contribution in [3.8, 4) is 0 Å². The monoisotopic (exact) mass is 376 g/mol. The summed E-state index contributed by atoms with van der Waals surface area (Å²) in [5.74, 6) is 0.0300. The summed E-state index contributed by atoms with van der Waals surface area (Å²) >= 11 is 6.36. The third kappa shape index (κ3) is 5.33. The third-order valence-corrected chi connectivity index (χ3v) is 4.57. The maximum atomic E-state index is 12.9. The van der Waals surface area contributed by atoms with E-state index in [1.54, 1.807) is 7.11 Å². The van der Waals surface area contributed by atoms with Gasteiger partial charge in [-0.3, -0.25) is 4.79 Å². The van der Waals surface area contributed by atoms with Gasteiger partial charge in [0.1, 0.15) is 0 Å². The SMILES string of the molecule is COCCNCCNC(=O)C1(c2ccccc2Cl)CCOCC1.Cl. The van der Waals surface area contributed by atoms with Crippen molar-refractivity contribution in [1.29, 1.82) is 0 Å². The number of hydrogen-bond donors (Lipinski definition) is 2. The van der Waals surface area contributed by atoms with Gasteiger partial charge in [0.2, 0.25) is 5.91 Å². The zero-order valence-corrected chi connectivity index (χ0v) is 15.5. The number of nitrogens with one attached hydrogen (secondary N) is 2. The topological polar surface area (TPSA) is 59.6 Å². The van der Waals surface area contributed by atoms with Crippen molar-refractivity contribution < 1.29 is 14.3 Å². The predicted molar refractivity (Wildman–Crippen MR) is 98.2 cm³/mol. The number of benzene rings is 1. The number of carbonyl (C=O) groups is 1. The molecule has 1 aliphatic rings. The molecule has 0 radical (unpaired) electrons. The fourth-order valence-corrected chi connectivity index (χ4v) is 3.24. The first-order chi connectivity index (χ1) is 11.2. The lowest BCUT2D eigenvalue weighted by Gasteiger charge is -2.36. The van der Waals surface area contributed by atoms with Crippen LogP contribution in [0.2, 0.25) is 5.02 Å². The van der Waals surface area contributed by atoms with Crippen LogP contribution in [-0.2, 0) is 19.7 Å². The van der Waals surface area contributed by atoms with Crippen molar-refractivity contribution in [2.24, 2.45) is 0 Å². The zero-order valence-electron chi connectivity index (χ0n) is 14.0. The van der Waals surface area contributed by atoms with Gasteiger partial charge in [0.25, 0.3) is 0 Å². The van der Waals surface area contributed by atoms with Crippen LogP contribution in [0.25, 0.3) is 0 Å². The normalized spacial score (nSPS) is 16.2. The van der Waals surface area contributed by atoms with E-state index in [0.717, 1.165) is 12.1 Å². The first kappa shape index (κ1) is 21.2. The molecule has 7 heteroatoms. The predicted octanol–water partition coefficient (Wildman–Crippen LogP) is 2.16. The standard InChI is InChI=1S/C17H25ClN2O3.ClH/c1-22-13-10-19-8-9-20-16(21)17(6-11-23-12-7-17)14-4-2-3-5-15(14)18;/h2-5,19H,6-13H2,1H3,(H,20,21);1H. The Balaban J connectivity index is 0.00000288. The van der Waals surface area contributed by atoms with Gasteiger partial charge in [-0.2, -0.15) is 0 Å². The van der Waals surface area contributed by atoms with Crippen LogP contribution >= 0.6 is 24.0 Å². The van der Waals surface area contributed by atoms with E-state index in [-0.39, 0.29) is 18.3 Å². The van der Waals surface area contributed by atoms with E-state index in [1.807, 2.05) is 24.3 Å². The molecule has 0 aromatic heterocycles. The van der Waals surface area contributed by atoms with E-state index >= 15 is 0 Å². The molecule has 2 rings (SSSR count). The summed E-state index contributed by atoms with van der Waals surface area (Å²) in [5, 5.41) is 6.90. The van der Waals surface area contributed by atoms with Crippen molar-refractivity contribution in [3.05, 3.63) is 34.9 Å². The number of ether oxygens (including phenoxy) is 2. The highest BCUT2D eigenvalue weighted by molar-refractivity contribution is 6.31. The van der Waals surface area contributed by atoms with E-state index < -0.39 is 5.41 Å². The molecule has 0 atom stereocenters. The minimum absolute atomic E-state index is 0. The van der Waals surface area contributed by atoms with Crippen LogP contribution in [0.3, 0.4) is 0 Å². The number of carbonyl (C=O) groups excluding carboxylic acids is 1. The molecule has 0 saturated carbocycles. The molecule has 2 N–H and O–H groups in total. The number of rotatable bonds is 8. The van der Waals surface area contributed by atoms with Crippen LogP contribution in [0.5, 0.6) is 0 Å². The van der Waals surface area contributed by atoms with Crippen LogP contribution in [0.4, 0.5) is 0 Å². The highest BCUT2D eigenvalue weighted by Crippen LogP contribution is 2.38.